The van der Waals surface area contributed by atoms with E-state index in [2.05, 4.69) is 12.1 Å². The lowest BCUT2D eigenvalue weighted by molar-refractivity contribution is -0.144. The van der Waals surface area contributed by atoms with E-state index in [-0.39, 0.29) is 19.1 Å². The molecular weight excluding hydrogens is 374 g/mol. The first-order valence-corrected chi connectivity index (χ1v) is 10.3. The van der Waals surface area contributed by atoms with Gasteiger partial charge >= 0.3 is 17.8 Å². The lowest BCUT2D eigenvalue weighted by atomic mass is 10.1. The molecule has 6 nitrogen and oxygen atoms in total. The van der Waals surface area contributed by atoms with Crippen LogP contribution >= 0.6 is 11.3 Å². The fraction of sp³-hybridized carbons (Fsp3) is 0.381. The van der Waals surface area contributed by atoms with Crippen molar-refractivity contribution in [3.05, 3.63) is 58.3 Å². The average molecular weight is 400 g/mol. The second-order valence-electron chi connectivity index (χ2n) is 7.33. The van der Waals surface area contributed by atoms with Crippen LogP contribution in [0.4, 0.5) is 4.79 Å². The number of benzene rings is 1. The van der Waals surface area contributed by atoms with Gasteiger partial charge in [0.05, 0.1) is 6.67 Å². The molecule has 0 aliphatic carbocycles. The summed E-state index contributed by atoms with van der Waals surface area (Å²) in [6, 6.07) is 13.6. The van der Waals surface area contributed by atoms with Crippen molar-refractivity contribution in [3.8, 4) is 0 Å². The van der Waals surface area contributed by atoms with Crippen molar-refractivity contribution in [1.29, 1.82) is 0 Å². The van der Waals surface area contributed by atoms with E-state index in [9.17, 15) is 14.4 Å². The molecule has 0 unspecified atom stereocenters. The summed E-state index contributed by atoms with van der Waals surface area (Å²) < 4.78 is 0. The van der Waals surface area contributed by atoms with Gasteiger partial charge in [0.1, 0.15) is 0 Å². The normalized spacial score (nSPS) is 14.8. The lowest BCUT2D eigenvalue weighted by Gasteiger charge is -2.26. The number of hydrogen-bond donors (Lipinski definition) is 0. The molecule has 1 aromatic carbocycles. The zero-order valence-electron chi connectivity index (χ0n) is 16.2. The highest BCUT2D eigenvalue weighted by molar-refractivity contribution is 7.09. The smallest absolute Gasteiger partial charge is 0.280 e. The molecule has 1 saturated heterocycles. The number of amides is 4. The maximum atomic E-state index is 12.7. The van der Waals surface area contributed by atoms with E-state index >= 15 is 0 Å². The molecule has 1 aliphatic rings. The van der Waals surface area contributed by atoms with Crippen LogP contribution in [0.5, 0.6) is 0 Å². The fourth-order valence-electron chi connectivity index (χ4n) is 3.16. The van der Waals surface area contributed by atoms with E-state index in [1.54, 1.807) is 11.3 Å². The van der Waals surface area contributed by atoms with Crippen molar-refractivity contribution in [2.45, 2.75) is 26.8 Å². The summed E-state index contributed by atoms with van der Waals surface area (Å²) in [7, 11) is 0. The van der Waals surface area contributed by atoms with Gasteiger partial charge in [0.15, 0.2) is 0 Å². The van der Waals surface area contributed by atoms with Crippen LogP contribution in [0, 0.1) is 5.92 Å². The molecule has 0 N–H and O–H groups in total. The average Bonchev–Trinajstić information content (AvgIpc) is 3.26. The number of thiophene rings is 1. The predicted octanol–water partition coefficient (Wildman–Crippen LogP) is 3.20. The highest BCUT2D eigenvalue weighted by Crippen LogP contribution is 2.18. The molecule has 0 atom stereocenters. The van der Waals surface area contributed by atoms with E-state index in [1.807, 2.05) is 54.5 Å². The van der Waals surface area contributed by atoms with Gasteiger partial charge in [-0.15, -0.1) is 11.3 Å². The molecule has 7 heteroatoms. The monoisotopic (exact) mass is 399 g/mol. The Hall–Kier alpha value is -2.51. The Kier molecular flexibility index (Phi) is 6.59. The summed E-state index contributed by atoms with van der Waals surface area (Å²) in [6.07, 6.45) is 0.798. The molecule has 0 radical (unpaired) electrons. The molecule has 0 saturated carbocycles. The third-order valence-corrected chi connectivity index (χ3v) is 5.40. The maximum absolute atomic E-state index is 12.7. The number of urea groups is 1. The van der Waals surface area contributed by atoms with Gasteiger partial charge in [-0.1, -0.05) is 50.2 Å². The minimum Gasteiger partial charge on any atom is -0.280 e. The maximum Gasteiger partial charge on any atom is 0.335 e. The molecule has 0 bridgehead atoms. The lowest BCUT2D eigenvalue weighted by Crippen LogP contribution is -2.43. The largest absolute Gasteiger partial charge is 0.335 e. The minimum atomic E-state index is -0.735. The van der Waals surface area contributed by atoms with Crippen molar-refractivity contribution in [2.24, 2.45) is 5.92 Å². The standard InChI is InChI=1S/C21H25N3O3S/c1-16(2)13-23-19(25)20(26)24(21(23)27)15-22(14-18-9-6-12-28-18)11-10-17-7-4-3-5-8-17/h3-9,12,16H,10-11,13-15H2,1-2H3. The van der Waals surface area contributed by atoms with Gasteiger partial charge < -0.3 is 0 Å². The van der Waals surface area contributed by atoms with Crippen LogP contribution in [-0.4, -0.2) is 52.3 Å². The van der Waals surface area contributed by atoms with Gasteiger partial charge in [-0.2, -0.15) is 0 Å². The molecule has 1 aliphatic heterocycles. The van der Waals surface area contributed by atoms with Gasteiger partial charge in [-0.25, -0.2) is 9.69 Å². The topological polar surface area (TPSA) is 60.9 Å². The Morgan fingerprint density at radius 2 is 1.68 bits per heavy atom. The summed E-state index contributed by atoms with van der Waals surface area (Å²) in [5, 5.41) is 2.00. The third kappa shape index (κ3) is 4.85. The number of hydrogen-bond acceptors (Lipinski definition) is 5. The van der Waals surface area contributed by atoms with Crippen LogP contribution in [0.1, 0.15) is 24.3 Å². The van der Waals surface area contributed by atoms with Crippen molar-refractivity contribution < 1.29 is 14.4 Å². The van der Waals surface area contributed by atoms with E-state index in [4.69, 9.17) is 0 Å². The van der Waals surface area contributed by atoms with Crippen LogP contribution in [0.15, 0.2) is 47.8 Å². The summed E-state index contributed by atoms with van der Waals surface area (Å²) in [6.45, 7) is 5.50. The van der Waals surface area contributed by atoms with E-state index < -0.39 is 17.8 Å². The van der Waals surface area contributed by atoms with Gasteiger partial charge in [-0.3, -0.25) is 19.4 Å². The number of carbonyl (C=O) groups excluding carboxylic acids is 3. The predicted molar refractivity (Wildman–Crippen MR) is 109 cm³/mol. The number of nitrogens with zero attached hydrogens (tertiary/aromatic N) is 3. The first kappa shape index (κ1) is 20.2. The van der Waals surface area contributed by atoms with Crippen molar-refractivity contribution in [1.82, 2.24) is 14.7 Å². The van der Waals surface area contributed by atoms with Crippen molar-refractivity contribution in [2.75, 3.05) is 19.8 Å². The molecule has 28 heavy (non-hydrogen) atoms. The van der Waals surface area contributed by atoms with Crippen LogP contribution in [0.25, 0.3) is 0 Å². The molecule has 4 amide bonds. The van der Waals surface area contributed by atoms with E-state index in [1.165, 1.54) is 5.56 Å². The van der Waals surface area contributed by atoms with Gasteiger partial charge in [0, 0.05) is 24.5 Å². The Morgan fingerprint density at radius 3 is 2.32 bits per heavy atom. The van der Waals surface area contributed by atoms with Crippen molar-refractivity contribution in [3.63, 3.8) is 0 Å². The Morgan fingerprint density at radius 1 is 0.964 bits per heavy atom. The molecule has 3 rings (SSSR count). The van der Waals surface area contributed by atoms with Gasteiger partial charge in [0.2, 0.25) is 0 Å². The van der Waals surface area contributed by atoms with Crippen LogP contribution in [0.2, 0.25) is 0 Å². The van der Waals surface area contributed by atoms with Crippen LogP contribution in [0.3, 0.4) is 0 Å². The Labute approximate surface area is 169 Å². The third-order valence-electron chi connectivity index (χ3n) is 4.54. The minimum absolute atomic E-state index is 0.112. The molecule has 1 aromatic heterocycles. The van der Waals surface area contributed by atoms with E-state index in [0.717, 1.165) is 21.1 Å². The van der Waals surface area contributed by atoms with E-state index in [0.29, 0.717) is 13.1 Å². The van der Waals surface area contributed by atoms with Crippen LogP contribution in [-0.2, 0) is 22.6 Å². The Balaban J connectivity index is 1.71. The number of rotatable bonds is 9. The first-order valence-electron chi connectivity index (χ1n) is 9.41. The molecule has 2 heterocycles. The van der Waals surface area contributed by atoms with Crippen LogP contribution < -0.4 is 0 Å². The summed E-state index contributed by atoms with van der Waals surface area (Å²) >= 11 is 1.63. The zero-order chi connectivity index (χ0) is 20.1. The quantitative estimate of drug-likeness (QED) is 0.480. The molecule has 2 aromatic rings. The zero-order valence-corrected chi connectivity index (χ0v) is 17.0. The second kappa shape index (κ2) is 9.12. The number of carbonyl (C=O) groups is 3. The summed E-state index contributed by atoms with van der Waals surface area (Å²) in [4.78, 5) is 42.6. The van der Waals surface area contributed by atoms with Gasteiger partial charge in [0.25, 0.3) is 0 Å². The molecular formula is C21H25N3O3S. The Bertz CT molecular complexity index is 821. The number of imide groups is 2. The molecule has 0 spiro atoms. The molecule has 1 fully saturated rings. The molecule has 148 valence electrons. The SMILES string of the molecule is CC(C)CN1C(=O)C(=O)N(CN(CCc2ccccc2)Cc2cccs2)C1=O. The highest BCUT2D eigenvalue weighted by Gasteiger charge is 2.44. The highest BCUT2D eigenvalue weighted by atomic mass is 32.1. The first-order chi connectivity index (χ1) is 13.5. The second-order valence-corrected chi connectivity index (χ2v) is 8.37. The van der Waals surface area contributed by atoms with Gasteiger partial charge in [-0.05, 0) is 29.3 Å². The summed E-state index contributed by atoms with van der Waals surface area (Å²) in [5.41, 5.74) is 1.19. The fourth-order valence-corrected chi connectivity index (χ4v) is 3.90. The van der Waals surface area contributed by atoms with Crippen molar-refractivity contribution >= 4 is 29.2 Å². The summed E-state index contributed by atoms with van der Waals surface area (Å²) in [5.74, 6) is -1.35.